The van der Waals surface area contributed by atoms with Crippen molar-refractivity contribution >= 4 is 34.2 Å². The van der Waals surface area contributed by atoms with E-state index in [1.165, 1.54) is 11.5 Å². The number of pyridine rings is 1. The highest BCUT2D eigenvalue weighted by molar-refractivity contribution is 7.10. The molecular weight excluding hydrogens is 332 g/mol. The SMILES string of the molecule is O=C(CCc1ccc(Cl)cc1)Nc1nc(-c2ccncc2)ns1. The van der Waals surface area contributed by atoms with Crippen molar-refractivity contribution in [3.63, 3.8) is 0 Å². The lowest BCUT2D eigenvalue weighted by Crippen LogP contribution is -2.12. The Morgan fingerprint density at radius 1 is 1.13 bits per heavy atom. The molecule has 3 rings (SSSR count). The number of amides is 1. The quantitative estimate of drug-likeness (QED) is 0.763. The third kappa shape index (κ3) is 4.34. The maximum atomic E-state index is 12.0. The molecule has 0 atom stereocenters. The van der Waals surface area contributed by atoms with Crippen molar-refractivity contribution in [1.29, 1.82) is 0 Å². The van der Waals surface area contributed by atoms with E-state index in [-0.39, 0.29) is 5.91 Å². The molecule has 116 valence electrons. The molecule has 2 aromatic heterocycles. The van der Waals surface area contributed by atoms with E-state index in [9.17, 15) is 4.79 Å². The number of nitrogens with one attached hydrogen (secondary N) is 1. The molecule has 0 spiro atoms. The Hall–Kier alpha value is -2.31. The predicted molar refractivity (Wildman–Crippen MR) is 91.5 cm³/mol. The zero-order valence-electron chi connectivity index (χ0n) is 12.1. The second-order valence-electron chi connectivity index (χ2n) is 4.83. The van der Waals surface area contributed by atoms with Gasteiger partial charge in [0.2, 0.25) is 11.0 Å². The van der Waals surface area contributed by atoms with Crippen LogP contribution in [0.4, 0.5) is 5.13 Å². The van der Waals surface area contributed by atoms with Crippen molar-refractivity contribution in [2.75, 3.05) is 5.32 Å². The van der Waals surface area contributed by atoms with E-state index >= 15 is 0 Å². The average molecular weight is 345 g/mol. The van der Waals surface area contributed by atoms with E-state index in [4.69, 9.17) is 11.6 Å². The summed E-state index contributed by atoms with van der Waals surface area (Å²) < 4.78 is 4.24. The van der Waals surface area contributed by atoms with Crippen LogP contribution in [0.1, 0.15) is 12.0 Å². The van der Waals surface area contributed by atoms with Gasteiger partial charge >= 0.3 is 0 Å². The van der Waals surface area contributed by atoms with Gasteiger partial charge in [0, 0.05) is 40.9 Å². The molecule has 23 heavy (non-hydrogen) atoms. The van der Waals surface area contributed by atoms with Gasteiger partial charge in [-0.1, -0.05) is 23.7 Å². The predicted octanol–water partition coefficient (Wildman–Crippen LogP) is 3.82. The third-order valence-electron chi connectivity index (χ3n) is 3.16. The van der Waals surface area contributed by atoms with Gasteiger partial charge in [0.15, 0.2) is 5.82 Å². The summed E-state index contributed by atoms with van der Waals surface area (Å²) in [5.74, 6) is 0.503. The maximum Gasteiger partial charge on any atom is 0.226 e. The molecule has 0 unspecified atom stereocenters. The monoisotopic (exact) mass is 344 g/mol. The number of halogens is 1. The Morgan fingerprint density at radius 3 is 2.61 bits per heavy atom. The van der Waals surface area contributed by atoms with Crippen LogP contribution in [0.2, 0.25) is 5.02 Å². The Balaban J connectivity index is 1.56. The molecule has 0 aliphatic heterocycles. The third-order valence-corrected chi connectivity index (χ3v) is 4.05. The molecule has 1 amide bonds. The summed E-state index contributed by atoms with van der Waals surface area (Å²) in [7, 11) is 0. The molecule has 7 heteroatoms. The van der Waals surface area contributed by atoms with E-state index in [0.29, 0.717) is 28.8 Å². The molecule has 5 nitrogen and oxygen atoms in total. The first-order valence-electron chi connectivity index (χ1n) is 6.99. The molecule has 1 aromatic carbocycles. The van der Waals surface area contributed by atoms with Crippen LogP contribution >= 0.6 is 23.1 Å². The highest BCUT2D eigenvalue weighted by atomic mass is 35.5. The van der Waals surface area contributed by atoms with Crippen LogP contribution < -0.4 is 5.32 Å². The van der Waals surface area contributed by atoms with Gasteiger partial charge in [-0.05, 0) is 36.2 Å². The molecule has 0 fully saturated rings. The highest BCUT2D eigenvalue weighted by Crippen LogP contribution is 2.20. The zero-order chi connectivity index (χ0) is 16.1. The first kappa shape index (κ1) is 15.6. The van der Waals surface area contributed by atoms with Crippen molar-refractivity contribution in [2.45, 2.75) is 12.8 Å². The number of hydrogen-bond donors (Lipinski definition) is 1. The molecule has 2 heterocycles. The number of aryl methyl sites for hydroxylation is 1. The molecule has 1 N–H and O–H groups in total. The topological polar surface area (TPSA) is 67.8 Å². The molecule has 3 aromatic rings. The fourth-order valence-corrected chi connectivity index (χ4v) is 2.72. The standard InChI is InChI=1S/C16H13ClN4OS/c17-13-4-1-11(2-5-13)3-6-14(22)19-16-20-15(21-23-16)12-7-9-18-10-8-12/h1-2,4-5,7-10H,3,6H2,(H,19,20,21,22). The number of hydrogen-bond acceptors (Lipinski definition) is 5. The van der Waals surface area contributed by atoms with E-state index in [1.807, 2.05) is 36.4 Å². The van der Waals surface area contributed by atoms with Gasteiger partial charge in [-0.15, -0.1) is 0 Å². The second kappa shape index (κ2) is 7.30. The number of benzene rings is 1. The summed E-state index contributed by atoms with van der Waals surface area (Å²) in [5, 5.41) is 3.97. The van der Waals surface area contributed by atoms with Gasteiger partial charge in [0.05, 0.1) is 0 Å². The normalized spacial score (nSPS) is 10.5. The summed E-state index contributed by atoms with van der Waals surface area (Å²) in [6, 6.07) is 11.1. The Morgan fingerprint density at radius 2 is 1.87 bits per heavy atom. The number of rotatable bonds is 5. The molecule has 0 aliphatic carbocycles. The van der Waals surface area contributed by atoms with Crippen LogP contribution in [0.5, 0.6) is 0 Å². The van der Waals surface area contributed by atoms with Crippen LogP contribution in [0.3, 0.4) is 0 Å². The van der Waals surface area contributed by atoms with Crippen molar-refractivity contribution in [3.05, 3.63) is 59.4 Å². The van der Waals surface area contributed by atoms with Gasteiger partial charge in [0.25, 0.3) is 0 Å². The summed E-state index contributed by atoms with van der Waals surface area (Å²) in [5.41, 5.74) is 1.94. The minimum atomic E-state index is -0.0858. The Labute approximate surface area is 142 Å². The molecular formula is C16H13ClN4OS. The lowest BCUT2D eigenvalue weighted by Gasteiger charge is -2.02. The van der Waals surface area contributed by atoms with Crippen molar-refractivity contribution in [1.82, 2.24) is 14.3 Å². The number of anilines is 1. The van der Waals surface area contributed by atoms with Crippen LogP contribution in [0.25, 0.3) is 11.4 Å². The summed E-state index contributed by atoms with van der Waals surface area (Å²) in [4.78, 5) is 20.3. The number of carbonyl (C=O) groups excluding carboxylic acids is 1. The molecule has 0 saturated heterocycles. The minimum Gasteiger partial charge on any atom is -0.301 e. The van der Waals surface area contributed by atoms with Gasteiger partial charge in [-0.2, -0.15) is 9.36 Å². The van der Waals surface area contributed by atoms with E-state index in [0.717, 1.165) is 11.1 Å². The maximum absolute atomic E-state index is 12.0. The average Bonchev–Trinajstić information content (AvgIpc) is 3.04. The van der Waals surface area contributed by atoms with Crippen LogP contribution in [-0.2, 0) is 11.2 Å². The number of carbonyl (C=O) groups is 1. The van der Waals surface area contributed by atoms with Crippen LogP contribution in [0.15, 0.2) is 48.8 Å². The van der Waals surface area contributed by atoms with Crippen molar-refractivity contribution < 1.29 is 4.79 Å². The lowest BCUT2D eigenvalue weighted by molar-refractivity contribution is -0.116. The largest absolute Gasteiger partial charge is 0.301 e. The Bertz CT molecular complexity index is 789. The fourth-order valence-electron chi connectivity index (χ4n) is 1.98. The van der Waals surface area contributed by atoms with Crippen LogP contribution in [0, 0.1) is 0 Å². The number of aromatic nitrogens is 3. The lowest BCUT2D eigenvalue weighted by atomic mass is 10.1. The van der Waals surface area contributed by atoms with Crippen LogP contribution in [-0.4, -0.2) is 20.2 Å². The fraction of sp³-hybridized carbons (Fsp3) is 0.125. The van der Waals surface area contributed by atoms with E-state index in [1.54, 1.807) is 12.4 Å². The van der Waals surface area contributed by atoms with Gasteiger partial charge in [-0.25, -0.2) is 0 Å². The molecule has 0 radical (unpaired) electrons. The Kier molecular flexibility index (Phi) is 4.95. The highest BCUT2D eigenvalue weighted by Gasteiger charge is 2.09. The first-order valence-corrected chi connectivity index (χ1v) is 8.14. The van der Waals surface area contributed by atoms with E-state index < -0.39 is 0 Å². The molecule has 0 bridgehead atoms. The van der Waals surface area contributed by atoms with Gasteiger partial charge < -0.3 is 5.32 Å². The van der Waals surface area contributed by atoms with E-state index in [2.05, 4.69) is 19.7 Å². The summed E-state index contributed by atoms with van der Waals surface area (Å²) >= 11 is 7.00. The molecule has 0 aliphatic rings. The van der Waals surface area contributed by atoms with Crippen molar-refractivity contribution in [3.8, 4) is 11.4 Å². The summed E-state index contributed by atoms with van der Waals surface area (Å²) in [6.07, 6.45) is 4.40. The smallest absolute Gasteiger partial charge is 0.226 e. The zero-order valence-corrected chi connectivity index (χ0v) is 13.6. The van der Waals surface area contributed by atoms with Gasteiger partial charge in [-0.3, -0.25) is 9.78 Å². The first-order chi connectivity index (χ1) is 11.2. The second-order valence-corrected chi connectivity index (χ2v) is 6.02. The van der Waals surface area contributed by atoms with Crippen molar-refractivity contribution in [2.24, 2.45) is 0 Å². The van der Waals surface area contributed by atoms with Gasteiger partial charge in [0.1, 0.15) is 0 Å². The summed E-state index contributed by atoms with van der Waals surface area (Å²) in [6.45, 7) is 0. The minimum absolute atomic E-state index is 0.0858. The number of nitrogens with zero attached hydrogens (tertiary/aromatic N) is 3. The molecule has 0 saturated carbocycles.